The van der Waals surface area contributed by atoms with Crippen molar-refractivity contribution in [3.63, 3.8) is 0 Å². The highest BCUT2D eigenvalue weighted by Gasteiger charge is 2.47. The second kappa shape index (κ2) is 10.6. The monoisotopic (exact) mass is 527 g/mol. The van der Waals surface area contributed by atoms with E-state index in [-0.39, 0.29) is 22.7 Å². The highest BCUT2D eigenvalue weighted by molar-refractivity contribution is 6.51. The van der Waals surface area contributed by atoms with Crippen LogP contribution >= 0.6 is 0 Å². The summed E-state index contributed by atoms with van der Waals surface area (Å²) >= 11 is 0. The summed E-state index contributed by atoms with van der Waals surface area (Å²) < 4.78 is 10.9. The smallest absolute Gasteiger partial charge is 0.300 e. The van der Waals surface area contributed by atoms with Crippen LogP contribution in [0.25, 0.3) is 5.76 Å². The van der Waals surface area contributed by atoms with Gasteiger partial charge in [0, 0.05) is 11.3 Å². The number of anilines is 1. The zero-order valence-electron chi connectivity index (χ0n) is 24.0. The summed E-state index contributed by atoms with van der Waals surface area (Å²) in [5, 5.41) is 11.7. The van der Waals surface area contributed by atoms with Gasteiger partial charge < -0.3 is 14.6 Å². The zero-order chi connectivity index (χ0) is 28.6. The fourth-order valence-corrected chi connectivity index (χ4v) is 5.05. The van der Waals surface area contributed by atoms with Gasteiger partial charge in [-0.25, -0.2) is 0 Å². The number of amides is 1. The fraction of sp³-hybridized carbons (Fsp3) is 0.333. The Balaban J connectivity index is 1.96. The SMILES string of the molecule is COc1ccc(N2C(=O)C(=O)/C(=C(/O)c3cc(C(C)C)c(OC)cc3C)C2c2ccc(C(C)(C)C)cc2)cc1. The molecule has 0 spiro atoms. The molecule has 1 unspecified atom stereocenters. The quantitative estimate of drug-likeness (QED) is 0.211. The first-order chi connectivity index (χ1) is 18.4. The van der Waals surface area contributed by atoms with Crippen molar-refractivity contribution in [1.29, 1.82) is 0 Å². The Hall–Kier alpha value is -4.06. The van der Waals surface area contributed by atoms with Crippen molar-refractivity contribution in [3.8, 4) is 11.5 Å². The van der Waals surface area contributed by atoms with E-state index in [1.165, 1.54) is 4.90 Å². The van der Waals surface area contributed by atoms with E-state index in [2.05, 4.69) is 20.8 Å². The van der Waals surface area contributed by atoms with Crippen molar-refractivity contribution in [2.24, 2.45) is 0 Å². The first-order valence-electron chi connectivity index (χ1n) is 13.1. The van der Waals surface area contributed by atoms with Crippen LogP contribution in [0.1, 0.15) is 74.4 Å². The molecule has 1 aliphatic rings. The number of hydrogen-bond acceptors (Lipinski definition) is 5. The third-order valence-electron chi connectivity index (χ3n) is 7.34. The van der Waals surface area contributed by atoms with E-state index in [0.29, 0.717) is 22.7 Å². The van der Waals surface area contributed by atoms with Crippen LogP contribution in [-0.2, 0) is 15.0 Å². The molecule has 3 aromatic carbocycles. The molecule has 1 atom stereocenters. The third kappa shape index (κ3) is 5.16. The van der Waals surface area contributed by atoms with E-state index in [1.807, 2.05) is 57.2 Å². The predicted molar refractivity (Wildman–Crippen MR) is 155 cm³/mol. The molecule has 4 rings (SSSR count). The molecule has 1 fully saturated rings. The van der Waals surface area contributed by atoms with Gasteiger partial charge in [0.15, 0.2) is 0 Å². The molecule has 0 saturated carbocycles. The van der Waals surface area contributed by atoms with E-state index >= 15 is 0 Å². The normalized spacial score (nSPS) is 17.2. The molecule has 1 heterocycles. The topological polar surface area (TPSA) is 76.1 Å². The highest BCUT2D eigenvalue weighted by Crippen LogP contribution is 2.44. The first-order valence-corrected chi connectivity index (χ1v) is 13.1. The molecule has 1 N–H and O–H groups in total. The number of Topliss-reactive ketones (excluding diaryl/α,β-unsaturated/α-hetero) is 1. The van der Waals surface area contributed by atoms with Crippen molar-refractivity contribution in [2.75, 3.05) is 19.1 Å². The first kappa shape index (κ1) is 28.0. The van der Waals surface area contributed by atoms with Gasteiger partial charge in [0.1, 0.15) is 17.3 Å². The molecule has 1 aliphatic heterocycles. The number of carbonyl (C=O) groups excluding carboxylic acids is 2. The molecular weight excluding hydrogens is 490 g/mol. The van der Waals surface area contributed by atoms with Crippen LogP contribution in [0, 0.1) is 6.92 Å². The maximum atomic E-state index is 13.6. The van der Waals surface area contributed by atoms with E-state index < -0.39 is 17.7 Å². The number of carbonyl (C=O) groups is 2. The minimum atomic E-state index is -0.809. The molecule has 0 aliphatic carbocycles. The summed E-state index contributed by atoms with van der Waals surface area (Å²) in [4.78, 5) is 28.6. The van der Waals surface area contributed by atoms with Crippen molar-refractivity contribution >= 4 is 23.1 Å². The molecule has 3 aromatic rings. The summed E-state index contributed by atoms with van der Waals surface area (Å²) in [5.41, 5.74) is 4.53. The third-order valence-corrected chi connectivity index (χ3v) is 7.34. The number of aliphatic hydroxyl groups excluding tert-OH is 1. The fourth-order valence-electron chi connectivity index (χ4n) is 5.05. The van der Waals surface area contributed by atoms with Crippen LogP contribution in [0.4, 0.5) is 5.69 Å². The Bertz CT molecular complexity index is 1430. The Morgan fingerprint density at radius 1 is 0.923 bits per heavy atom. The standard InChI is InChI=1S/C33H37NO5/c1-19(2)25-18-26(20(3)17-27(25)39-8)30(35)28-29(21-9-11-22(12-10-21)33(4,5)6)34(32(37)31(28)36)23-13-15-24(38-7)16-14-23/h9-19,29,35H,1-8H3/b30-28+. The maximum Gasteiger partial charge on any atom is 0.300 e. The van der Waals surface area contributed by atoms with Crippen LogP contribution in [0.2, 0.25) is 0 Å². The van der Waals surface area contributed by atoms with Gasteiger partial charge in [-0.05, 0) is 76.9 Å². The summed E-state index contributed by atoms with van der Waals surface area (Å²) in [7, 11) is 3.18. The number of ether oxygens (including phenoxy) is 2. The molecular formula is C33H37NO5. The van der Waals surface area contributed by atoms with Gasteiger partial charge in [0.2, 0.25) is 0 Å². The molecule has 39 heavy (non-hydrogen) atoms. The van der Waals surface area contributed by atoms with Crippen LogP contribution in [0.15, 0.2) is 66.2 Å². The van der Waals surface area contributed by atoms with E-state index in [0.717, 1.165) is 22.3 Å². The molecule has 1 saturated heterocycles. The van der Waals surface area contributed by atoms with Gasteiger partial charge in [-0.3, -0.25) is 14.5 Å². The largest absolute Gasteiger partial charge is 0.507 e. The van der Waals surface area contributed by atoms with Crippen LogP contribution in [0.5, 0.6) is 11.5 Å². The lowest BCUT2D eigenvalue weighted by Gasteiger charge is -2.27. The molecule has 6 heteroatoms. The van der Waals surface area contributed by atoms with Crippen LogP contribution < -0.4 is 14.4 Å². The number of benzene rings is 3. The molecule has 0 aromatic heterocycles. The Morgan fingerprint density at radius 2 is 1.54 bits per heavy atom. The second-order valence-electron chi connectivity index (χ2n) is 11.3. The Kier molecular flexibility index (Phi) is 7.60. The molecule has 204 valence electrons. The summed E-state index contributed by atoms with van der Waals surface area (Å²) in [6.07, 6.45) is 0. The van der Waals surface area contributed by atoms with Crippen molar-refractivity contribution in [1.82, 2.24) is 0 Å². The van der Waals surface area contributed by atoms with E-state index in [9.17, 15) is 14.7 Å². The number of hydrogen-bond donors (Lipinski definition) is 1. The maximum absolute atomic E-state index is 13.6. The number of nitrogens with zero attached hydrogens (tertiary/aromatic N) is 1. The number of ketones is 1. The zero-order valence-corrected chi connectivity index (χ0v) is 24.0. The minimum Gasteiger partial charge on any atom is -0.507 e. The second-order valence-corrected chi connectivity index (χ2v) is 11.3. The van der Waals surface area contributed by atoms with Gasteiger partial charge in [0.25, 0.3) is 11.7 Å². The Morgan fingerprint density at radius 3 is 2.05 bits per heavy atom. The minimum absolute atomic E-state index is 0.0577. The predicted octanol–water partition coefficient (Wildman–Crippen LogP) is 7.06. The molecule has 0 bridgehead atoms. The van der Waals surface area contributed by atoms with Gasteiger partial charge >= 0.3 is 0 Å². The van der Waals surface area contributed by atoms with Crippen molar-refractivity contribution in [3.05, 3.63) is 94.1 Å². The highest BCUT2D eigenvalue weighted by atomic mass is 16.5. The average molecular weight is 528 g/mol. The summed E-state index contributed by atoms with van der Waals surface area (Å²) in [5.74, 6) is -0.147. The number of rotatable bonds is 6. The van der Waals surface area contributed by atoms with E-state index in [1.54, 1.807) is 38.5 Å². The Labute approximate surface area is 230 Å². The lowest BCUT2D eigenvalue weighted by molar-refractivity contribution is -0.132. The number of aliphatic hydroxyl groups is 1. The lowest BCUT2D eigenvalue weighted by Crippen LogP contribution is -2.29. The summed E-state index contributed by atoms with van der Waals surface area (Å²) in [6.45, 7) is 12.3. The number of methoxy groups -OCH3 is 2. The van der Waals surface area contributed by atoms with Gasteiger partial charge in [-0.2, -0.15) is 0 Å². The van der Waals surface area contributed by atoms with Crippen LogP contribution in [-0.4, -0.2) is 31.0 Å². The average Bonchev–Trinajstić information content (AvgIpc) is 3.17. The molecule has 0 radical (unpaired) electrons. The van der Waals surface area contributed by atoms with Crippen molar-refractivity contribution in [2.45, 2.75) is 58.9 Å². The summed E-state index contributed by atoms with van der Waals surface area (Å²) in [6, 6.07) is 17.8. The van der Waals surface area contributed by atoms with Gasteiger partial charge in [-0.1, -0.05) is 58.9 Å². The van der Waals surface area contributed by atoms with Crippen LogP contribution in [0.3, 0.4) is 0 Å². The van der Waals surface area contributed by atoms with Gasteiger partial charge in [-0.15, -0.1) is 0 Å². The number of aryl methyl sites for hydroxylation is 1. The molecule has 6 nitrogen and oxygen atoms in total. The lowest BCUT2D eigenvalue weighted by atomic mass is 9.85. The van der Waals surface area contributed by atoms with Crippen molar-refractivity contribution < 1.29 is 24.2 Å². The van der Waals surface area contributed by atoms with Gasteiger partial charge in [0.05, 0.1) is 25.8 Å². The molecule has 1 amide bonds. The van der Waals surface area contributed by atoms with E-state index in [4.69, 9.17) is 9.47 Å².